The minimum atomic E-state index is -0.0396. The number of hydrogen-bond acceptors (Lipinski definition) is 1. The predicted molar refractivity (Wildman–Crippen MR) is 78.2 cm³/mol. The molecule has 20 heavy (non-hydrogen) atoms. The molecule has 0 bridgehead atoms. The summed E-state index contributed by atoms with van der Waals surface area (Å²) in [6.45, 7) is 0. The highest BCUT2D eigenvalue weighted by Crippen LogP contribution is 2.43. The van der Waals surface area contributed by atoms with Crippen LogP contribution in [0.25, 0.3) is 0 Å². The molecule has 0 amide bonds. The zero-order chi connectivity index (χ0) is 13.5. The zero-order valence-corrected chi connectivity index (χ0v) is 11.4. The van der Waals surface area contributed by atoms with Gasteiger partial charge in [-0.3, -0.25) is 0 Å². The molecular formula is C18H18FN. The first-order valence-electron chi connectivity index (χ1n) is 7.41. The average Bonchev–Trinajstić information content (AvgIpc) is 3.13. The summed E-state index contributed by atoms with van der Waals surface area (Å²) in [5.41, 5.74) is 3.51. The van der Waals surface area contributed by atoms with Crippen LogP contribution in [-0.4, -0.2) is 6.04 Å². The Labute approximate surface area is 118 Å². The van der Waals surface area contributed by atoms with E-state index in [0.29, 0.717) is 18.0 Å². The van der Waals surface area contributed by atoms with Crippen molar-refractivity contribution in [1.82, 2.24) is 5.32 Å². The fourth-order valence-electron chi connectivity index (χ4n) is 3.49. The standard InChI is InChI=1S/C18H18FN/c19-16-8-4-7-14-13(16)9-10-17(14)20-18-11-15(18)12-5-2-1-3-6-12/h1-8,15,17-18,20H,9-11H2. The molecule has 2 aliphatic rings. The Balaban J connectivity index is 1.47. The first kappa shape index (κ1) is 12.1. The van der Waals surface area contributed by atoms with Crippen molar-refractivity contribution in [1.29, 1.82) is 0 Å². The summed E-state index contributed by atoms with van der Waals surface area (Å²) in [7, 11) is 0. The molecule has 0 saturated heterocycles. The Morgan fingerprint density at radius 1 is 1.00 bits per heavy atom. The Morgan fingerprint density at radius 3 is 2.70 bits per heavy atom. The van der Waals surface area contributed by atoms with E-state index < -0.39 is 0 Å². The molecule has 102 valence electrons. The lowest BCUT2D eigenvalue weighted by atomic mass is 10.1. The van der Waals surface area contributed by atoms with E-state index in [9.17, 15) is 4.39 Å². The number of hydrogen-bond donors (Lipinski definition) is 1. The van der Waals surface area contributed by atoms with Crippen LogP contribution in [0, 0.1) is 5.82 Å². The van der Waals surface area contributed by atoms with Gasteiger partial charge in [0.25, 0.3) is 0 Å². The van der Waals surface area contributed by atoms with Crippen LogP contribution in [0.4, 0.5) is 4.39 Å². The lowest BCUT2D eigenvalue weighted by Gasteiger charge is -2.14. The molecular weight excluding hydrogens is 249 g/mol. The van der Waals surface area contributed by atoms with Crippen LogP contribution in [0.1, 0.15) is 41.5 Å². The molecule has 0 aromatic heterocycles. The van der Waals surface area contributed by atoms with E-state index >= 15 is 0 Å². The van der Waals surface area contributed by atoms with Crippen molar-refractivity contribution in [2.24, 2.45) is 0 Å². The smallest absolute Gasteiger partial charge is 0.126 e. The summed E-state index contributed by atoms with van der Waals surface area (Å²) in [5, 5.41) is 3.72. The van der Waals surface area contributed by atoms with E-state index in [1.54, 1.807) is 6.07 Å². The van der Waals surface area contributed by atoms with Gasteiger partial charge in [0, 0.05) is 18.0 Å². The minimum Gasteiger partial charge on any atom is -0.307 e. The molecule has 1 N–H and O–H groups in total. The highest BCUT2D eigenvalue weighted by molar-refractivity contribution is 5.36. The molecule has 2 heteroatoms. The lowest BCUT2D eigenvalue weighted by molar-refractivity contribution is 0.521. The Bertz CT molecular complexity index is 623. The molecule has 0 radical (unpaired) electrons. The molecule has 1 saturated carbocycles. The number of benzene rings is 2. The van der Waals surface area contributed by atoms with Gasteiger partial charge >= 0.3 is 0 Å². The van der Waals surface area contributed by atoms with Gasteiger partial charge in [-0.05, 0) is 42.0 Å². The summed E-state index contributed by atoms with van der Waals surface area (Å²) in [6.07, 6.45) is 3.09. The van der Waals surface area contributed by atoms with E-state index in [2.05, 4.69) is 41.7 Å². The summed E-state index contributed by atoms with van der Waals surface area (Å²) < 4.78 is 13.7. The van der Waals surface area contributed by atoms with E-state index in [1.165, 1.54) is 17.5 Å². The zero-order valence-electron chi connectivity index (χ0n) is 11.4. The summed E-state index contributed by atoms with van der Waals surface area (Å²) in [5.74, 6) is 0.594. The van der Waals surface area contributed by atoms with Crippen molar-refractivity contribution in [2.45, 2.75) is 37.3 Å². The average molecular weight is 267 g/mol. The van der Waals surface area contributed by atoms with Gasteiger partial charge in [-0.25, -0.2) is 4.39 Å². The van der Waals surface area contributed by atoms with Gasteiger partial charge in [-0.1, -0.05) is 42.5 Å². The molecule has 2 aliphatic carbocycles. The summed E-state index contributed by atoms with van der Waals surface area (Å²) in [6, 6.07) is 17.0. The van der Waals surface area contributed by atoms with Gasteiger partial charge < -0.3 is 5.32 Å². The summed E-state index contributed by atoms with van der Waals surface area (Å²) >= 11 is 0. The molecule has 1 fully saturated rings. The van der Waals surface area contributed by atoms with Crippen LogP contribution >= 0.6 is 0 Å². The van der Waals surface area contributed by atoms with Crippen LogP contribution in [-0.2, 0) is 6.42 Å². The topological polar surface area (TPSA) is 12.0 Å². The minimum absolute atomic E-state index is 0.0396. The van der Waals surface area contributed by atoms with Gasteiger partial charge in [0.15, 0.2) is 0 Å². The second-order valence-electron chi connectivity index (χ2n) is 5.92. The van der Waals surface area contributed by atoms with Gasteiger partial charge in [-0.2, -0.15) is 0 Å². The fraction of sp³-hybridized carbons (Fsp3) is 0.333. The maximum atomic E-state index is 13.7. The lowest BCUT2D eigenvalue weighted by Crippen LogP contribution is -2.22. The van der Waals surface area contributed by atoms with E-state index in [0.717, 1.165) is 18.4 Å². The van der Waals surface area contributed by atoms with Crippen molar-refractivity contribution in [3.8, 4) is 0 Å². The van der Waals surface area contributed by atoms with Crippen molar-refractivity contribution in [3.63, 3.8) is 0 Å². The SMILES string of the molecule is Fc1cccc2c1CCC2NC1CC1c1ccccc1. The highest BCUT2D eigenvalue weighted by Gasteiger charge is 2.40. The molecule has 2 aromatic rings. The third-order valence-electron chi connectivity index (χ3n) is 4.65. The van der Waals surface area contributed by atoms with E-state index in [-0.39, 0.29) is 5.82 Å². The summed E-state index contributed by atoms with van der Waals surface area (Å²) in [4.78, 5) is 0. The number of fused-ring (bicyclic) bond motifs is 1. The molecule has 0 aliphatic heterocycles. The maximum absolute atomic E-state index is 13.7. The Hall–Kier alpha value is -1.67. The highest BCUT2D eigenvalue weighted by atomic mass is 19.1. The molecule has 1 nitrogen and oxygen atoms in total. The first-order chi connectivity index (χ1) is 9.83. The molecule has 0 heterocycles. The van der Waals surface area contributed by atoms with Gasteiger partial charge in [-0.15, -0.1) is 0 Å². The Kier molecular flexibility index (Phi) is 2.85. The van der Waals surface area contributed by atoms with Crippen molar-refractivity contribution in [2.75, 3.05) is 0 Å². The monoisotopic (exact) mass is 267 g/mol. The van der Waals surface area contributed by atoms with Crippen LogP contribution in [0.3, 0.4) is 0 Å². The third kappa shape index (κ3) is 2.04. The number of nitrogens with one attached hydrogen (secondary N) is 1. The van der Waals surface area contributed by atoms with E-state index in [1.807, 2.05) is 6.07 Å². The number of rotatable bonds is 3. The second kappa shape index (κ2) is 4.71. The van der Waals surface area contributed by atoms with Crippen LogP contribution in [0.2, 0.25) is 0 Å². The normalized spacial score (nSPS) is 27.4. The number of halogens is 1. The molecule has 4 rings (SSSR count). The molecule has 0 spiro atoms. The molecule has 3 atom stereocenters. The van der Waals surface area contributed by atoms with Gasteiger partial charge in [0.2, 0.25) is 0 Å². The predicted octanol–water partition coefficient (Wildman–Crippen LogP) is 3.96. The third-order valence-corrected chi connectivity index (χ3v) is 4.65. The van der Waals surface area contributed by atoms with Gasteiger partial charge in [0.1, 0.15) is 5.82 Å². The maximum Gasteiger partial charge on any atom is 0.126 e. The van der Waals surface area contributed by atoms with Crippen molar-refractivity contribution < 1.29 is 4.39 Å². The van der Waals surface area contributed by atoms with Crippen LogP contribution < -0.4 is 5.32 Å². The Morgan fingerprint density at radius 2 is 1.85 bits per heavy atom. The van der Waals surface area contributed by atoms with Crippen LogP contribution in [0.15, 0.2) is 48.5 Å². The largest absolute Gasteiger partial charge is 0.307 e. The quantitative estimate of drug-likeness (QED) is 0.887. The van der Waals surface area contributed by atoms with Crippen LogP contribution in [0.5, 0.6) is 0 Å². The fourth-order valence-corrected chi connectivity index (χ4v) is 3.49. The van der Waals surface area contributed by atoms with Crippen molar-refractivity contribution >= 4 is 0 Å². The molecule has 3 unspecified atom stereocenters. The molecule has 2 aromatic carbocycles. The van der Waals surface area contributed by atoms with Gasteiger partial charge in [0.05, 0.1) is 0 Å². The van der Waals surface area contributed by atoms with E-state index in [4.69, 9.17) is 0 Å². The van der Waals surface area contributed by atoms with Crippen molar-refractivity contribution in [3.05, 3.63) is 71.0 Å². The second-order valence-corrected chi connectivity index (χ2v) is 5.92. The first-order valence-corrected chi connectivity index (χ1v) is 7.41.